The Morgan fingerprint density at radius 1 is 1.31 bits per heavy atom. The van der Waals surface area contributed by atoms with Crippen LogP contribution < -0.4 is 5.32 Å². The first-order valence-electron chi connectivity index (χ1n) is 9.57. The highest BCUT2D eigenvalue weighted by Crippen LogP contribution is 2.09. The van der Waals surface area contributed by atoms with E-state index in [-0.39, 0.29) is 12.1 Å². The van der Waals surface area contributed by atoms with Crippen molar-refractivity contribution in [1.29, 1.82) is 0 Å². The number of carbonyl (C=O) groups is 1. The number of morpholine rings is 1. The van der Waals surface area contributed by atoms with Crippen molar-refractivity contribution in [3.63, 3.8) is 0 Å². The number of hydrogen-bond donors (Lipinski definition) is 1. The molecule has 2 aliphatic heterocycles. The van der Waals surface area contributed by atoms with Gasteiger partial charge in [-0.05, 0) is 13.3 Å². The van der Waals surface area contributed by atoms with Crippen molar-refractivity contribution in [3.05, 3.63) is 12.2 Å². The van der Waals surface area contributed by atoms with Gasteiger partial charge in [0.05, 0.1) is 19.3 Å². The summed E-state index contributed by atoms with van der Waals surface area (Å²) < 4.78 is 13.3. The minimum atomic E-state index is -0.0231. The molecule has 0 aromatic carbocycles. The maximum absolute atomic E-state index is 12.6. The van der Waals surface area contributed by atoms with Gasteiger partial charge in [0.1, 0.15) is 12.2 Å². The number of rotatable bonds is 6. The molecule has 0 spiro atoms. The lowest BCUT2D eigenvalue weighted by atomic mass is 10.2. The average molecular weight is 366 g/mol. The Balaban J connectivity index is 1.44. The largest absolute Gasteiger partial charge is 0.379 e. The van der Waals surface area contributed by atoms with Gasteiger partial charge < -0.3 is 24.3 Å². The number of aryl methyl sites for hydroxylation is 1. The summed E-state index contributed by atoms with van der Waals surface area (Å²) in [6.07, 6.45) is 3.34. The van der Waals surface area contributed by atoms with Crippen LogP contribution in [-0.4, -0.2) is 95.8 Å². The third-order valence-corrected chi connectivity index (χ3v) is 4.86. The fourth-order valence-electron chi connectivity index (χ4n) is 3.39. The summed E-state index contributed by atoms with van der Waals surface area (Å²) in [6, 6.07) is -0.0231. The molecule has 1 N–H and O–H groups in total. The molecular weight excluding hydrogens is 336 g/mol. The van der Waals surface area contributed by atoms with Crippen LogP contribution in [0.3, 0.4) is 0 Å². The van der Waals surface area contributed by atoms with Gasteiger partial charge in [0, 0.05) is 58.8 Å². The zero-order valence-electron chi connectivity index (χ0n) is 15.6. The predicted octanol–water partition coefficient (Wildman–Crippen LogP) is -0.0268. The molecule has 0 bridgehead atoms. The second-order valence-corrected chi connectivity index (χ2v) is 6.72. The molecule has 0 saturated carbocycles. The topological polar surface area (TPSA) is 84.8 Å². The Kier molecular flexibility index (Phi) is 7.22. The van der Waals surface area contributed by atoms with Crippen molar-refractivity contribution in [2.24, 2.45) is 0 Å². The normalized spacial score (nSPS) is 22.2. The Hall–Kier alpha value is -1.71. The lowest BCUT2D eigenvalue weighted by Crippen LogP contribution is -2.48. The number of hydrogen-bond acceptors (Lipinski definition) is 6. The van der Waals surface area contributed by atoms with Gasteiger partial charge in [-0.15, -0.1) is 10.2 Å². The molecule has 3 rings (SSSR count). The van der Waals surface area contributed by atoms with Crippen LogP contribution in [0, 0.1) is 0 Å². The SMILES string of the molecule is CCn1cnnc1CCNC(=O)N1CCCO[C@H](CN2CCOCC2)C1. The first-order chi connectivity index (χ1) is 12.8. The molecule has 9 heteroatoms. The van der Waals surface area contributed by atoms with Crippen LogP contribution in [0.25, 0.3) is 0 Å². The van der Waals surface area contributed by atoms with Gasteiger partial charge in [-0.3, -0.25) is 4.90 Å². The molecule has 2 saturated heterocycles. The van der Waals surface area contributed by atoms with Gasteiger partial charge in [-0.1, -0.05) is 0 Å². The highest BCUT2D eigenvalue weighted by Gasteiger charge is 2.25. The molecule has 2 fully saturated rings. The summed E-state index contributed by atoms with van der Waals surface area (Å²) in [5.41, 5.74) is 0. The quantitative estimate of drug-likeness (QED) is 0.761. The minimum Gasteiger partial charge on any atom is -0.379 e. The van der Waals surface area contributed by atoms with Crippen molar-refractivity contribution in [1.82, 2.24) is 29.9 Å². The first kappa shape index (κ1) is 19.1. The fraction of sp³-hybridized carbons (Fsp3) is 0.824. The van der Waals surface area contributed by atoms with E-state index in [0.717, 1.165) is 58.2 Å². The van der Waals surface area contributed by atoms with E-state index in [1.165, 1.54) is 0 Å². The molecule has 1 aromatic heterocycles. The molecule has 9 nitrogen and oxygen atoms in total. The standard InChI is InChI=1S/C17H30N6O3/c1-2-22-14-19-20-16(22)4-5-18-17(24)23-6-3-9-26-15(13-23)12-21-7-10-25-11-8-21/h14-15H,2-13H2,1H3,(H,18,24)/t15-/m1/s1. The number of aromatic nitrogens is 3. The van der Waals surface area contributed by atoms with Gasteiger partial charge in [0.2, 0.25) is 0 Å². The molecule has 0 unspecified atom stereocenters. The summed E-state index contributed by atoms with van der Waals surface area (Å²) in [7, 11) is 0. The monoisotopic (exact) mass is 366 g/mol. The van der Waals surface area contributed by atoms with Crippen molar-refractivity contribution in [2.75, 3.05) is 59.1 Å². The third kappa shape index (κ3) is 5.39. The van der Waals surface area contributed by atoms with Gasteiger partial charge in [-0.25, -0.2) is 4.79 Å². The molecular formula is C17H30N6O3. The zero-order chi connectivity index (χ0) is 18.2. The second-order valence-electron chi connectivity index (χ2n) is 6.72. The van der Waals surface area contributed by atoms with E-state index in [2.05, 4.69) is 27.3 Å². The van der Waals surface area contributed by atoms with Crippen molar-refractivity contribution < 1.29 is 14.3 Å². The number of ether oxygens (including phenoxy) is 2. The molecule has 26 heavy (non-hydrogen) atoms. The van der Waals surface area contributed by atoms with E-state index in [1.807, 2.05) is 9.47 Å². The minimum absolute atomic E-state index is 0.0231. The van der Waals surface area contributed by atoms with Crippen LogP contribution in [0.4, 0.5) is 4.79 Å². The number of nitrogens with zero attached hydrogens (tertiary/aromatic N) is 5. The van der Waals surface area contributed by atoms with Gasteiger partial charge in [0.15, 0.2) is 0 Å². The maximum Gasteiger partial charge on any atom is 0.317 e. The highest BCUT2D eigenvalue weighted by atomic mass is 16.5. The zero-order valence-corrected chi connectivity index (χ0v) is 15.6. The first-order valence-corrected chi connectivity index (χ1v) is 9.57. The Labute approximate surface area is 154 Å². The molecule has 1 atom stereocenters. The fourth-order valence-corrected chi connectivity index (χ4v) is 3.39. The molecule has 1 aromatic rings. The van der Waals surface area contributed by atoms with Crippen LogP contribution in [0.1, 0.15) is 19.2 Å². The molecule has 146 valence electrons. The summed E-state index contributed by atoms with van der Waals surface area (Å²) in [6.45, 7) is 9.80. The van der Waals surface area contributed by atoms with E-state index >= 15 is 0 Å². The second kappa shape index (κ2) is 9.84. The van der Waals surface area contributed by atoms with Crippen LogP contribution >= 0.6 is 0 Å². The lowest BCUT2D eigenvalue weighted by Gasteiger charge is -2.31. The van der Waals surface area contributed by atoms with Crippen LogP contribution in [-0.2, 0) is 22.4 Å². The summed E-state index contributed by atoms with van der Waals surface area (Å²) in [4.78, 5) is 16.8. The molecule has 0 radical (unpaired) electrons. The number of carbonyl (C=O) groups excluding carboxylic acids is 1. The summed E-state index contributed by atoms with van der Waals surface area (Å²) in [5, 5.41) is 11.0. The summed E-state index contributed by atoms with van der Waals surface area (Å²) >= 11 is 0. The summed E-state index contributed by atoms with van der Waals surface area (Å²) in [5.74, 6) is 0.900. The van der Waals surface area contributed by atoms with Crippen LogP contribution in [0.5, 0.6) is 0 Å². The Bertz CT molecular complexity index is 560. The lowest BCUT2D eigenvalue weighted by molar-refractivity contribution is -0.0101. The van der Waals surface area contributed by atoms with E-state index in [4.69, 9.17) is 9.47 Å². The van der Waals surface area contributed by atoms with E-state index < -0.39 is 0 Å². The van der Waals surface area contributed by atoms with Gasteiger partial charge >= 0.3 is 6.03 Å². The molecule has 0 aliphatic carbocycles. The van der Waals surface area contributed by atoms with Crippen molar-refractivity contribution >= 4 is 6.03 Å². The Morgan fingerprint density at radius 2 is 2.15 bits per heavy atom. The average Bonchev–Trinajstić information content (AvgIpc) is 2.99. The Morgan fingerprint density at radius 3 is 2.96 bits per heavy atom. The maximum atomic E-state index is 12.6. The molecule has 2 aliphatic rings. The van der Waals surface area contributed by atoms with Gasteiger partial charge in [0.25, 0.3) is 0 Å². The number of nitrogens with one attached hydrogen (secondary N) is 1. The van der Waals surface area contributed by atoms with Crippen LogP contribution in [0.2, 0.25) is 0 Å². The van der Waals surface area contributed by atoms with Crippen molar-refractivity contribution in [3.8, 4) is 0 Å². The van der Waals surface area contributed by atoms with Crippen LogP contribution in [0.15, 0.2) is 6.33 Å². The molecule has 3 heterocycles. The van der Waals surface area contributed by atoms with Gasteiger partial charge in [-0.2, -0.15) is 0 Å². The number of amides is 2. The molecule has 2 amide bonds. The van der Waals surface area contributed by atoms with E-state index in [9.17, 15) is 4.79 Å². The predicted molar refractivity (Wildman–Crippen MR) is 96.0 cm³/mol. The highest BCUT2D eigenvalue weighted by molar-refractivity contribution is 5.74. The number of urea groups is 1. The smallest absolute Gasteiger partial charge is 0.317 e. The van der Waals surface area contributed by atoms with E-state index in [1.54, 1.807) is 6.33 Å². The van der Waals surface area contributed by atoms with Crippen molar-refractivity contribution in [2.45, 2.75) is 32.4 Å². The third-order valence-electron chi connectivity index (χ3n) is 4.86. The van der Waals surface area contributed by atoms with E-state index in [0.29, 0.717) is 26.1 Å².